The smallest absolute Gasteiger partial charge is 0.334 e. The minimum absolute atomic E-state index is 0.0107. The van der Waals surface area contributed by atoms with E-state index in [-0.39, 0.29) is 49.2 Å². The maximum atomic E-state index is 13.7. The van der Waals surface area contributed by atoms with Crippen molar-refractivity contribution in [2.75, 3.05) is 26.7 Å². The highest BCUT2D eigenvalue weighted by atomic mass is 19.1. The molecule has 4 amide bonds. The van der Waals surface area contributed by atoms with Crippen molar-refractivity contribution in [2.24, 2.45) is 0 Å². The van der Waals surface area contributed by atoms with E-state index in [1.807, 2.05) is 35.2 Å². The van der Waals surface area contributed by atoms with E-state index >= 15 is 0 Å². The van der Waals surface area contributed by atoms with E-state index in [4.69, 9.17) is 0 Å². The predicted molar refractivity (Wildman–Crippen MR) is 138 cm³/mol. The number of hydrogen-bond acceptors (Lipinski definition) is 4. The summed E-state index contributed by atoms with van der Waals surface area (Å²) in [7, 11) is 1.71. The highest BCUT2D eigenvalue weighted by Gasteiger charge is 2.50. The zero-order valence-electron chi connectivity index (χ0n) is 21.8. The molecule has 0 saturated carbocycles. The number of piperazine rings is 1. The number of carbonyl (C=O) groups is 3. The predicted octanol–water partition coefficient (Wildman–Crippen LogP) is 3.56. The lowest BCUT2D eigenvalue weighted by Gasteiger charge is -2.54. The summed E-state index contributed by atoms with van der Waals surface area (Å²) >= 11 is 0. The van der Waals surface area contributed by atoms with Crippen LogP contribution in [0.15, 0.2) is 54.6 Å². The Hall–Kier alpha value is -3.46. The first-order valence-electron chi connectivity index (χ1n) is 13.0. The standard InChI is InChI=1S/C28H36FN5O3/c1-4-5-11-24-27(36)32(17-20(2)22-9-7-6-8-10-22)18-25-33(24)26(35)19-31(3)34(25)28(37)30-16-21-12-14-23(29)15-13-21/h6-10,12-15,20,24-25H,4-5,11,16-19H2,1-3H3,(H,30,37)/t20?,24-,25-/m0/s1. The van der Waals surface area contributed by atoms with Crippen LogP contribution in [0.5, 0.6) is 0 Å². The number of hydrogen-bond donors (Lipinski definition) is 1. The molecule has 0 radical (unpaired) electrons. The Balaban J connectivity index is 1.57. The Kier molecular flexibility index (Phi) is 8.43. The van der Waals surface area contributed by atoms with Gasteiger partial charge in [0.05, 0.1) is 13.1 Å². The molecule has 2 heterocycles. The molecule has 0 bridgehead atoms. The van der Waals surface area contributed by atoms with Crippen molar-refractivity contribution >= 4 is 17.8 Å². The zero-order valence-corrected chi connectivity index (χ0v) is 21.8. The molecule has 198 valence electrons. The van der Waals surface area contributed by atoms with Gasteiger partial charge in [-0.3, -0.25) is 9.59 Å². The summed E-state index contributed by atoms with van der Waals surface area (Å²) in [5, 5.41) is 6.07. The average molecular weight is 510 g/mol. The second-order valence-electron chi connectivity index (χ2n) is 9.94. The fourth-order valence-corrected chi connectivity index (χ4v) is 5.22. The van der Waals surface area contributed by atoms with E-state index in [0.717, 1.165) is 24.0 Å². The van der Waals surface area contributed by atoms with Crippen LogP contribution in [0.2, 0.25) is 0 Å². The summed E-state index contributed by atoms with van der Waals surface area (Å²) in [5.74, 6) is -0.450. The van der Waals surface area contributed by atoms with Gasteiger partial charge in [-0.05, 0) is 35.6 Å². The molecule has 0 aliphatic carbocycles. The molecule has 8 nitrogen and oxygen atoms in total. The molecule has 9 heteroatoms. The van der Waals surface area contributed by atoms with Crippen molar-refractivity contribution in [2.45, 2.75) is 57.8 Å². The van der Waals surface area contributed by atoms with E-state index in [1.165, 1.54) is 12.1 Å². The van der Waals surface area contributed by atoms with Gasteiger partial charge in [0, 0.05) is 20.1 Å². The molecule has 2 aromatic carbocycles. The number of unbranched alkanes of at least 4 members (excludes halogenated alkanes) is 1. The number of nitrogens with zero attached hydrogens (tertiary/aromatic N) is 4. The maximum Gasteiger partial charge on any atom is 0.334 e. The minimum atomic E-state index is -0.609. The quantitative estimate of drug-likeness (QED) is 0.591. The Morgan fingerprint density at radius 2 is 1.81 bits per heavy atom. The Bertz CT molecular complexity index is 1100. The van der Waals surface area contributed by atoms with Crippen LogP contribution in [-0.2, 0) is 16.1 Å². The summed E-state index contributed by atoms with van der Waals surface area (Å²) in [4.78, 5) is 43.7. The van der Waals surface area contributed by atoms with Crippen molar-refractivity contribution in [3.05, 3.63) is 71.5 Å². The molecule has 3 atom stereocenters. The van der Waals surface area contributed by atoms with Gasteiger partial charge in [-0.15, -0.1) is 0 Å². The van der Waals surface area contributed by atoms with Crippen molar-refractivity contribution in [1.29, 1.82) is 0 Å². The lowest BCUT2D eigenvalue weighted by molar-refractivity contribution is -0.187. The molecule has 2 aliphatic rings. The number of nitrogens with one attached hydrogen (secondary N) is 1. The number of carbonyl (C=O) groups excluding carboxylic acids is 3. The molecule has 2 aromatic rings. The van der Waals surface area contributed by atoms with Gasteiger partial charge in [0.25, 0.3) is 0 Å². The molecule has 37 heavy (non-hydrogen) atoms. The third kappa shape index (κ3) is 5.93. The van der Waals surface area contributed by atoms with Crippen LogP contribution in [0.4, 0.5) is 9.18 Å². The second kappa shape index (κ2) is 11.7. The normalized spacial score (nSPS) is 21.1. The van der Waals surface area contributed by atoms with E-state index in [1.54, 1.807) is 34.1 Å². The lowest BCUT2D eigenvalue weighted by atomic mass is 9.97. The number of halogens is 1. The SMILES string of the molecule is CCCC[C@H]1C(=O)N(CC(C)c2ccccc2)C[C@H]2N1C(=O)CN(C)N2C(=O)NCc1ccc(F)cc1. The van der Waals surface area contributed by atoms with Crippen molar-refractivity contribution in [1.82, 2.24) is 25.1 Å². The molecular weight excluding hydrogens is 473 g/mol. The van der Waals surface area contributed by atoms with Gasteiger partial charge in [0.15, 0.2) is 0 Å². The first-order valence-corrected chi connectivity index (χ1v) is 13.0. The lowest BCUT2D eigenvalue weighted by Crippen LogP contribution is -2.76. The number of benzene rings is 2. The third-order valence-corrected chi connectivity index (χ3v) is 7.20. The number of urea groups is 1. The van der Waals surface area contributed by atoms with Crippen LogP contribution in [0, 0.1) is 5.82 Å². The van der Waals surface area contributed by atoms with Crippen LogP contribution in [0.25, 0.3) is 0 Å². The third-order valence-electron chi connectivity index (χ3n) is 7.20. The summed E-state index contributed by atoms with van der Waals surface area (Å²) < 4.78 is 13.3. The number of rotatable bonds is 8. The van der Waals surface area contributed by atoms with Crippen LogP contribution in [0.1, 0.15) is 50.2 Å². The molecular formula is C28H36FN5O3. The highest BCUT2D eigenvalue weighted by Crippen LogP contribution is 2.29. The molecule has 0 aromatic heterocycles. The fourth-order valence-electron chi connectivity index (χ4n) is 5.22. The van der Waals surface area contributed by atoms with Gasteiger partial charge in [0.2, 0.25) is 11.8 Å². The molecule has 2 aliphatic heterocycles. The monoisotopic (exact) mass is 509 g/mol. The van der Waals surface area contributed by atoms with Gasteiger partial charge >= 0.3 is 6.03 Å². The largest absolute Gasteiger partial charge is 0.336 e. The second-order valence-corrected chi connectivity index (χ2v) is 9.94. The van der Waals surface area contributed by atoms with Gasteiger partial charge in [0.1, 0.15) is 18.0 Å². The van der Waals surface area contributed by atoms with Crippen LogP contribution in [0.3, 0.4) is 0 Å². The van der Waals surface area contributed by atoms with Gasteiger partial charge < -0.3 is 15.1 Å². The first kappa shape index (κ1) is 26.6. The average Bonchev–Trinajstić information content (AvgIpc) is 2.89. The minimum Gasteiger partial charge on any atom is -0.336 e. The molecule has 4 rings (SSSR count). The number of amides is 4. The van der Waals surface area contributed by atoms with E-state index in [9.17, 15) is 18.8 Å². The van der Waals surface area contributed by atoms with Crippen molar-refractivity contribution in [3.63, 3.8) is 0 Å². The first-order chi connectivity index (χ1) is 17.8. The van der Waals surface area contributed by atoms with E-state index < -0.39 is 12.2 Å². The van der Waals surface area contributed by atoms with Gasteiger partial charge in [-0.25, -0.2) is 19.2 Å². The van der Waals surface area contributed by atoms with Crippen molar-refractivity contribution in [3.8, 4) is 0 Å². The van der Waals surface area contributed by atoms with Crippen LogP contribution >= 0.6 is 0 Å². The van der Waals surface area contributed by atoms with Crippen LogP contribution < -0.4 is 5.32 Å². The Morgan fingerprint density at radius 3 is 2.49 bits per heavy atom. The highest BCUT2D eigenvalue weighted by molar-refractivity contribution is 5.91. The summed E-state index contributed by atoms with van der Waals surface area (Å²) in [6.07, 6.45) is 1.66. The van der Waals surface area contributed by atoms with Crippen molar-refractivity contribution < 1.29 is 18.8 Å². The van der Waals surface area contributed by atoms with Gasteiger partial charge in [-0.2, -0.15) is 0 Å². The number of likely N-dealkylation sites (N-methyl/N-ethyl adjacent to an activating group) is 1. The molecule has 1 N–H and O–H groups in total. The topological polar surface area (TPSA) is 76.2 Å². The fraction of sp³-hybridized carbons (Fsp3) is 0.464. The summed E-state index contributed by atoms with van der Waals surface area (Å²) in [5.41, 5.74) is 1.90. The van der Waals surface area contributed by atoms with E-state index in [2.05, 4.69) is 19.2 Å². The van der Waals surface area contributed by atoms with E-state index in [0.29, 0.717) is 13.0 Å². The number of fused-ring (bicyclic) bond motifs is 1. The maximum absolute atomic E-state index is 13.7. The molecule has 0 spiro atoms. The van der Waals surface area contributed by atoms with Crippen LogP contribution in [-0.4, -0.2) is 76.6 Å². The molecule has 1 unspecified atom stereocenters. The zero-order chi connectivity index (χ0) is 26.5. The van der Waals surface area contributed by atoms with Gasteiger partial charge in [-0.1, -0.05) is 69.2 Å². The molecule has 2 saturated heterocycles. The molecule has 2 fully saturated rings. The number of hydrazine groups is 1. The Labute approximate surface area is 218 Å². The summed E-state index contributed by atoms with van der Waals surface area (Å²) in [6.45, 7) is 5.10. The Morgan fingerprint density at radius 1 is 1.11 bits per heavy atom. The summed E-state index contributed by atoms with van der Waals surface area (Å²) in [6, 6.07) is 15.0.